The minimum atomic E-state index is -0.433. The van der Waals surface area contributed by atoms with Crippen molar-refractivity contribution in [2.75, 3.05) is 0 Å². The summed E-state index contributed by atoms with van der Waals surface area (Å²) < 4.78 is 1.67. The van der Waals surface area contributed by atoms with E-state index in [2.05, 4.69) is 20.9 Å². The molecule has 0 bridgehead atoms. The van der Waals surface area contributed by atoms with Gasteiger partial charge in [-0.3, -0.25) is 14.0 Å². The summed E-state index contributed by atoms with van der Waals surface area (Å²) in [4.78, 5) is 28.1. The summed E-state index contributed by atoms with van der Waals surface area (Å²) in [5.74, 6) is -0.764. The van der Waals surface area contributed by atoms with Gasteiger partial charge >= 0.3 is 0 Å². The van der Waals surface area contributed by atoms with Crippen molar-refractivity contribution in [2.45, 2.75) is 0 Å². The van der Waals surface area contributed by atoms with E-state index in [0.29, 0.717) is 5.65 Å². The maximum absolute atomic E-state index is 12.0. The fraction of sp³-hybridized carbons (Fsp3) is 0. The van der Waals surface area contributed by atoms with Crippen molar-refractivity contribution in [2.24, 2.45) is 0 Å². The third kappa shape index (κ3) is 1.33. The highest BCUT2D eigenvalue weighted by Crippen LogP contribution is 2.31. The molecule has 0 atom stereocenters. The quantitative estimate of drug-likeness (QED) is 0.751. The Morgan fingerprint density at radius 3 is 2.76 bits per heavy atom. The molecule has 0 saturated heterocycles. The Kier molecular flexibility index (Phi) is 2.21. The molecule has 1 aliphatic carbocycles. The molecule has 4 nitrogen and oxygen atoms in total. The van der Waals surface area contributed by atoms with Gasteiger partial charge in [-0.05, 0) is 28.1 Å². The number of Topliss-reactive ketones (excluding diaryl/α,β-unsaturated/α-hetero) is 2. The van der Waals surface area contributed by atoms with E-state index in [9.17, 15) is 9.59 Å². The number of fused-ring (bicyclic) bond motifs is 3. The first-order valence-electron chi connectivity index (χ1n) is 4.73. The minimum absolute atomic E-state index is 0.0855. The van der Waals surface area contributed by atoms with Crippen LogP contribution >= 0.6 is 27.5 Å². The lowest BCUT2D eigenvalue weighted by Crippen LogP contribution is -2.18. The van der Waals surface area contributed by atoms with E-state index < -0.39 is 5.78 Å². The van der Waals surface area contributed by atoms with E-state index in [4.69, 9.17) is 11.6 Å². The maximum atomic E-state index is 12.0. The Bertz CT molecular complexity index is 717. The van der Waals surface area contributed by atoms with Gasteiger partial charge in [0.25, 0.3) is 0 Å². The lowest BCUT2D eigenvalue weighted by molar-refractivity contribution is 0.0982. The van der Waals surface area contributed by atoms with Crippen LogP contribution < -0.4 is 0 Å². The van der Waals surface area contributed by atoms with Gasteiger partial charge in [-0.25, -0.2) is 4.98 Å². The second-order valence-corrected chi connectivity index (χ2v) is 4.70. The van der Waals surface area contributed by atoms with Crippen LogP contribution in [0.4, 0.5) is 0 Å². The van der Waals surface area contributed by atoms with Crippen LogP contribution in [0.1, 0.15) is 21.0 Å². The normalized spacial score (nSPS) is 15.6. The van der Waals surface area contributed by atoms with Gasteiger partial charge in [0, 0.05) is 6.20 Å². The van der Waals surface area contributed by atoms with Crippen LogP contribution in [0.3, 0.4) is 0 Å². The summed E-state index contributed by atoms with van der Waals surface area (Å²) in [6.45, 7) is 0. The zero-order chi connectivity index (χ0) is 12.2. The highest BCUT2D eigenvalue weighted by Gasteiger charge is 2.34. The first kappa shape index (κ1) is 10.7. The molecule has 0 aromatic carbocycles. The monoisotopic (exact) mass is 310 g/mol. The number of hydrogen-bond acceptors (Lipinski definition) is 3. The molecule has 1 aliphatic rings. The Labute approximate surface area is 109 Å². The molecule has 2 heterocycles. The molecule has 0 spiro atoms. The number of halogens is 2. The first-order chi connectivity index (χ1) is 8.11. The Morgan fingerprint density at radius 1 is 1.24 bits per heavy atom. The van der Waals surface area contributed by atoms with Gasteiger partial charge in [-0.2, -0.15) is 0 Å². The number of allylic oxidation sites excluding steroid dienone is 2. The van der Waals surface area contributed by atoms with Gasteiger partial charge < -0.3 is 0 Å². The molecule has 0 unspecified atom stereocenters. The number of carbonyl (C=O) groups is 2. The van der Waals surface area contributed by atoms with E-state index in [1.54, 1.807) is 28.8 Å². The lowest BCUT2D eigenvalue weighted by atomic mass is 10.1. The van der Waals surface area contributed by atoms with E-state index >= 15 is 0 Å². The third-order valence-electron chi connectivity index (χ3n) is 2.55. The summed E-state index contributed by atoms with van der Waals surface area (Å²) in [7, 11) is 0. The molecule has 0 fully saturated rings. The number of hydrogen-bond donors (Lipinski definition) is 0. The molecule has 0 saturated carbocycles. The second-order valence-electron chi connectivity index (χ2n) is 3.52. The van der Waals surface area contributed by atoms with Crippen LogP contribution in [0, 0.1) is 0 Å². The topological polar surface area (TPSA) is 51.4 Å². The highest BCUT2D eigenvalue weighted by molar-refractivity contribution is 9.12. The number of imidazole rings is 1. The number of rotatable bonds is 0. The third-order valence-corrected chi connectivity index (χ3v) is 3.90. The van der Waals surface area contributed by atoms with E-state index in [0.717, 1.165) is 0 Å². The zero-order valence-electron chi connectivity index (χ0n) is 8.28. The van der Waals surface area contributed by atoms with Gasteiger partial charge in [0.2, 0.25) is 11.6 Å². The van der Waals surface area contributed by atoms with Crippen molar-refractivity contribution >= 4 is 44.7 Å². The van der Waals surface area contributed by atoms with Crippen LogP contribution in [0.25, 0.3) is 5.65 Å². The van der Waals surface area contributed by atoms with Crippen LogP contribution in [-0.2, 0) is 0 Å². The number of ketones is 2. The predicted molar refractivity (Wildman–Crippen MR) is 65.7 cm³/mol. The molecule has 0 amide bonds. The number of pyridine rings is 1. The zero-order valence-corrected chi connectivity index (χ0v) is 10.6. The molecule has 3 rings (SSSR count). The average molecular weight is 312 g/mol. The molecule has 6 heteroatoms. The largest absolute Gasteiger partial charge is 0.296 e. The summed E-state index contributed by atoms with van der Waals surface area (Å²) in [6, 6.07) is 5.27. The molecular weight excluding hydrogens is 307 g/mol. The van der Waals surface area contributed by atoms with Crippen molar-refractivity contribution in [3.8, 4) is 0 Å². The van der Waals surface area contributed by atoms with Crippen LogP contribution in [0.2, 0.25) is 0 Å². The Balaban J connectivity index is 2.44. The van der Waals surface area contributed by atoms with Crippen molar-refractivity contribution in [3.63, 3.8) is 0 Å². The highest BCUT2D eigenvalue weighted by atomic mass is 79.9. The number of nitrogens with zero attached hydrogens (tertiary/aromatic N) is 2. The fourth-order valence-electron chi connectivity index (χ4n) is 1.78. The molecule has 17 heavy (non-hydrogen) atoms. The van der Waals surface area contributed by atoms with E-state index in [1.165, 1.54) is 0 Å². The number of carbonyl (C=O) groups excluding carboxylic acids is 2. The predicted octanol–water partition coefficient (Wildman–Crippen LogP) is 2.56. The standard InChI is InChI=1S/C11H4BrClN2O2/c12-6-7(13)11(17)8-9(10(6)16)15-4-2-1-3-5(15)14-8/h1-4H. The number of aromatic nitrogens is 2. The Hall–Kier alpha value is -1.46. The van der Waals surface area contributed by atoms with Gasteiger partial charge in [0.1, 0.15) is 22.1 Å². The molecule has 2 aromatic heterocycles. The first-order valence-corrected chi connectivity index (χ1v) is 5.90. The maximum Gasteiger partial charge on any atom is 0.226 e. The van der Waals surface area contributed by atoms with Crippen molar-refractivity contribution in [3.05, 3.63) is 45.3 Å². The summed E-state index contributed by atoms with van der Waals surface area (Å²) in [5.41, 5.74) is 0.905. The lowest BCUT2D eigenvalue weighted by Gasteiger charge is -2.09. The van der Waals surface area contributed by atoms with Crippen molar-refractivity contribution in [1.82, 2.24) is 9.38 Å². The fourth-order valence-corrected chi connectivity index (χ4v) is 2.32. The molecular formula is C11H4BrClN2O2. The average Bonchev–Trinajstić information content (AvgIpc) is 2.73. The van der Waals surface area contributed by atoms with Crippen molar-refractivity contribution < 1.29 is 9.59 Å². The van der Waals surface area contributed by atoms with Gasteiger partial charge in [-0.15, -0.1) is 0 Å². The van der Waals surface area contributed by atoms with Crippen LogP contribution in [-0.4, -0.2) is 21.0 Å². The van der Waals surface area contributed by atoms with Gasteiger partial charge in [0.05, 0.1) is 4.48 Å². The molecule has 0 radical (unpaired) electrons. The molecule has 0 aliphatic heterocycles. The smallest absolute Gasteiger partial charge is 0.226 e. The second kappa shape index (κ2) is 3.51. The minimum Gasteiger partial charge on any atom is -0.296 e. The van der Waals surface area contributed by atoms with Gasteiger partial charge in [0.15, 0.2) is 0 Å². The Morgan fingerprint density at radius 2 is 2.00 bits per heavy atom. The van der Waals surface area contributed by atoms with Gasteiger partial charge in [-0.1, -0.05) is 17.7 Å². The van der Waals surface area contributed by atoms with Crippen LogP contribution in [0.15, 0.2) is 33.9 Å². The molecule has 84 valence electrons. The van der Waals surface area contributed by atoms with E-state index in [1.807, 2.05) is 0 Å². The summed E-state index contributed by atoms with van der Waals surface area (Å²) >= 11 is 8.82. The van der Waals surface area contributed by atoms with Crippen molar-refractivity contribution in [1.29, 1.82) is 0 Å². The molecule has 2 aromatic rings. The summed E-state index contributed by atoms with van der Waals surface area (Å²) in [6.07, 6.45) is 1.69. The molecule has 0 N–H and O–H groups in total. The summed E-state index contributed by atoms with van der Waals surface area (Å²) in [5, 5.41) is -0.120. The van der Waals surface area contributed by atoms with Crippen LogP contribution in [0.5, 0.6) is 0 Å². The SMILES string of the molecule is O=C1C(Cl)=C(Br)C(=O)c2c1nc1ccccn21. The van der Waals surface area contributed by atoms with E-state index in [-0.39, 0.29) is 26.7 Å².